The van der Waals surface area contributed by atoms with Gasteiger partial charge in [0.25, 0.3) is 0 Å². The summed E-state index contributed by atoms with van der Waals surface area (Å²) in [6, 6.07) is 8.75. The third kappa shape index (κ3) is 2.82. The molecule has 0 amide bonds. The van der Waals surface area contributed by atoms with Gasteiger partial charge in [0.15, 0.2) is 0 Å². The van der Waals surface area contributed by atoms with E-state index in [4.69, 9.17) is 5.11 Å². The molecule has 0 aromatic heterocycles. The van der Waals surface area contributed by atoms with Gasteiger partial charge < -0.3 is 10.4 Å². The van der Waals surface area contributed by atoms with Crippen molar-refractivity contribution < 1.29 is 5.11 Å². The van der Waals surface area contributed by atoms with Crippen molar-refractivity contribution in [3.8, 4) is 0 Å². The predicted octanol–water partition coefficient (Wildman–Crippen LogP) is 2.03. The first-order valence-electron chi connectivity index (χ1n) is 5.07. The fourth-order valence-corrected chi connectivity index (χ4v) is 1.64. The Labute approximate surface area is 86.0 Å². The molecule has 1 rings (SSSR count). The minimum Gasteiger partial charge on any atom is -0.395 e. The van der Waals surface area contributed by atoms with Crippen LogP contribution in [0.3, 0.4) is 0 Å². The fraction of sp³-hybridized carbons (Fsp3) is 0.500. The van der Waals surface area contributed by atoms with Gasteiger partial charge in [0.1, 0.15) is 0 Å². The van der Waals surface area contributed by atoms with E-state index in [2.05, 4.69) is 31.3 Å². The Bertz CT molecular complexity index is 285. The molecule has 0 aliphatic heterocycles. The second-order valence-electron chi connectivity index (χ2n) is 3.83. The van der Waals surface area contributed by atoms with Crippen molar-refractivity contribution in [2.45, 2.75) is 32.9 Å². The second-order valence-corrected chi connectivity index (χ2v) is 3.83. The maximum Gasteiger partial charge on any atom is 0.0582 e. The Morgan fingerprint density at radius 3 is 2.50 bits per heavy atom. The van der Waals surface area contributed by atoms with Crippen molar-refractivity contribution in [2.75, 3.05) is 6.61 Å². The highest BCUT2D eigenvalue weighted by molar-refractivity contribution is 5.28. The minimum absolute atomic E-state index is 0.143. The van der Waals surface area contributed by atoms with Crippen LogP contribution in [0.25, 0.3) is 0 Å². The molecule has 0 spiro atoms. The van der Waals surface area contributed by atoms with Gasteiger partial charge in [-0.1, -0.05) is 24.3 Å². The van der Waals surface area contributed by atoms with Crippen LogP contribution in [0.5, 0.6) is 0 Å². The summed E-state index contributed by atoms with van der Waals surface area (Å²) in [6.45, 7) is 6.39. The quantitative estimate of drug-likeness (QED) is 0.767. The maximum atomic E-state index is 8.94. The molecule has 2 N–H and O–H groups in total. The molecular formula is C12H19NO. The lowest BCUT2D eigenvalue weighted by molar-refractivity contribution is 0.243. The summed E-state index contributed by atoms with van der Waals surface area (Å²) in [5, 5.41) is 12.3. The van der Waals surface area contributed by atoms with Crippen LogP contribution < -0.4 is 5.32 Å². The van der Waals surface area contributed by atoms with E-state index in [-0.39, 0.29) is 12.6 Å². The Morgan fingerprint density at radius 2 is 1.93 bits per heavy atom. The van der Waals surface area contributed by atoms with E-state index in [1.54, 1.807) is 0 Å². The Kier molecular flexibility index (Phi) is 4.11. The Hall–Kier alpha value is -0.860. The van der Waals surface area contributed by atoms with E-state index in [0.717, 1.165) is 0 Å². The molecule has 1 aromatic rings. The molecule has 0 heterocycles. The highest BCUT2D eigenvalue weighted by Gasteiger charge is 2.09. The summed E-state index contributed by atoms with van der Waals surface area (Å²) in [7, 11) is 0. The zero-order valence-electron chi connectivity index (χ0n) is 9.12. The number of aliphatic hydroxyl groups excluding tert-OH is 1. The summed E-state index contributed by atoms with van der Waals surface area (Å²) in [6.07, 6.45) is 0. The minimum atomic E-state index is 0.143. The standard InChI is InChI=1S/C12H19NO/c1-9-6-4-5-7-12(9)11(3)13-10(2)8-14/h4-7,10-11,13-14H,8H2,1-3H3/t10-,11-/m0/s1. The van der Waals surface area contributed by atoms with E-state index in [9.17, 15) is 0 Å². The molecule has 2 atom stereocenters. The zero-order chi connectivity index (χ0) is 10.6. The Balaban J connectivity index is 2.69. The SMILES string of the molecule is Cc1ccccc1[C@H](C)N[C@@H](C)CO. The van der Waals surface area contributed by atoms with Crippen molar-refractivity contribution in [2.24, 2.45) is 0 Å². The van der Waals surface area contributed by atoms with Crippen LogP contribution in [0.2, 0.25) is 0 Å². The average molecular weight is 193 g/mol. The predicted molar refractivity (Wildman–Crippen MR) is 59.3 cm³/mol. The number of nitrogens with one attached hydrogen (secondary N) is 1. The highest BCUT2D eigenvalue weighted by atomic mass is 16.3. The highest BCUT2D eigenvalue weighted by Crippen LogP contribution is 2.16. The lowest BCUT2D eigenvalue weighted by atomic mass is 10.0. The van der Waals surface area contributed by atoms with Gasteiger partial charge in [0, 0.05) is 12.1 Å². The number of aliphatic hydroxyl groups is 1. The van der Waals surface area contributed by atoms with Crippen LogP contribution in [0, 0.1) is 6.92 Å². The largest absolute Gasteiger partial charge is 0.395 e. The molecule has 0 saturated heterocycles. The van der Waals surface area contributed by atoms with Crippen LogP contribution >= 0.6 is 0 Å². The molecule has 0 aliphatic carbocycles. The summed E-state index contributed by atoms with van der Waals surface area (Å²) >= 11 is 0. The Morgan fingerprint density at radius 1 is 1.29 bits per heavy atom. The summed E-state index contributed by atoms with van der Waals surface area (Å²) in [4.78, 5) is 0. The van der Waals surface area contributed by atoms with E-state index in [1.807, 2.05) is 19.1 Å². The molecule has 0 fully saturated rings. The van der Waals surface area contributed by atoms with Crippen LogP contribution in [0.1, 0.15) is 31.0 Å². The molecule has 14 heavy (non-hydrogen) atoms. The average Bonchev–Trinajstić information content (AvgIpc) is 2.18. The summed E-state index contributed by atoms with van der Waals surface area (Å²) < 4.78 is 0. The van der Waals surface area contributed by atoms with Crippen LogP contribution in [-0.2, 0) is 0 Å². The zero-order valence-corrected chi connectivity index (χ0v) is 9.12. The fourth-order valence-electron chi connectivity index (χ4n) is 1.64. The van der Waals surface area contributed by atoms with Gasteiger partial charge in [-0.05, 0) is 31.9 Å². The number of aryl methyl sites for hydroxylation is 1. The molecule has 78 valence electrons. The molecular weight excluding hydrogens is 174 g/mol. The molecule has 0 radical (unpaired) electrons. The second kappa shape index (κ2) is 5.13. The first-order valence-corrected chi connectivity index (χ1v) is 5.07. The molecule has 0 bridgehead atoms. The summed E-state index contributed by atoms with van der Waals surface area (Å²) in [5.74, 6) is 0. The lowest BCUT2D eigenvalue weighted by Gasteiger charge is -2.20. The van der Waals surface area contributed by atoms with Gasteiger partial charge in [-0.2, -0.15) is 0 Å². The van der Waals surface area contributed by atoms with Crippen molar-refractivity contribution in [3.63, 3.8) is 0 Å². The number of hydrogen-bond acceptors (Lipinski definition) is 2. The first-order chi connectivity index (χ1) is 6.65. The lowest BCUT2D eigenvalue weighted by Crippen LogP contribution is -2.32. The first kappa shape index (κ1) is 11.2. The van der Waals surface area contributed by atoms with Gasteiger partial charge in [-0.15, -0.1) is 0 Å². The van der Waals surface area contributed by atoms with E-state index >= 15 is 0 Å². The third-order valence-corrected chi connectivity index (χ3v) is 2.46. The monoisotopic (exact) mass is 193 g/mol. The van der Waals surface area contributed by atoms with Crippen molar-refractivity contribution in [1.82, 2.24) is 5.32 Å². The maximum absolute atomic E-state index is 8.94. The number of hydrogen-bond donors (Lipinski definition) is 2. The molecule has 0 saturated carbocycles. The number of benzene rings is 1. The van der Waals surface area contributed by atoms with E-state index in [0.29, 0.717) is 6.04 Å². The number of rotatable bonds is 4. The van der Waals surface area contributed by atoms with Crippen LogP contribution in [0.15, 0.2) is 24.3 Å². The summed E-state index contributed by atoms with van der Waals surface area (Å²) in [5.41, 5.74) is 2.59. The van der Waals surface area contributed by atoms with Crippen molar-refractivity contribution in [3.05, 3.63) is 35.4 Å². The van der Waals surface area contributed by atoms with Gasteiger partial charge in [-0.25, -0.2) is 0 Å². The smallest absolute Gasteiger partial charge is 0.0582 e. The topological polar surface area (TPSA) is 32.3 Å². The molecule has 1 aromatic carbocycles. The van der Waals surface area contributed by atoms with Gasteiger partial charge >= 0.3 is 0 Å². The van der Waals surface area contributed by atoms with Crippen LogP contribution in [-0.4, -0.2) is 17.8 Å². The normalized spacial score (nSPS) is 15.1. The van der Waals surface area contributed by atoms with Gasteiger partial charge in [-0.3, -0.25) is 0 Å². The van der Waals surface area contributed by atoms with Gasteiger partial charge in [0.05, 0.1) is 6.61 Å². The molecule has 2 nitrogen and oxygen atoms in total. The van der Waals surface area contributed by atoms with Gasteiger partial charge in [0.2, 0.25) is 0 Å². The third-order valence-electron chi connectivity index (χ3n) is 2.46. The van der Waals surface area contributed by atoms with Crippen LogP contribution in [0.4, 0.5) is 0 Å². The van der Waals surface area contributed by atoms with Crippen molar-refractivity contribution >= 4 is 0 Å². The molecule has 0 aliphatic rings. The van der Waals surface area contributed by atoms with E-state index in [1.165, 1.54) is 11.1 Å². The molecule has 2 heteroatoms. The van der Waals surface area contributed by atoms with Crippen molar-refractivity contribution in [1.29, 1.82) is 0 Å². The van der Waals surface area contributed by atoms with E-state index < -0.39 is 0 Å². The molecule has 0 unspecified atom stereocenters.